The number of nitrogens with zero attached hydrogens (tertiary/aromatic N) is 5. The first-order valence-electron chi connectivity index (χ1n) is 11.0. The summed E-state index contributed by atoms with van der Waals surface area (Å²) >= 11 is 6.04. The van der Waals surface area contributed by atoms with Crippen molar-refractivity contribution in [1.82, 2.24) is 23.7 Å². The SMILES string of the molecule is Cc1ccc(Oc2nc3c(c(=O)n(CCC4(O)CC4)c(=O)n3C)n2Cc2ccc(Cl)cc2)cn1. The van der Waals surface area contributed by atoms with E-state index in [0.717, 1.165) is 15.8 Å². The number of fused-ring (bicyclic) bond motifs is 1. The second-order valence-electron chi connectivity index (χ2n) is 8.79. The summed E-state index contributed by atoms with van der Waals surface area (Å²) in [6.45, 7) is 2.28. The Morgan fingerprint density at radius 1 is 1.12 bits per heavy atom. The van der Waals surface area contributed by atoms with Crippen LogP contribution in [0.1, 0.15) is 30.5 Å². The van der Waals surface area contributed by atoms with Gasteiger partial charge in [0.1, 0.15) is 5.75 Å². The highest BCUT2D eigenvalue weighted by Crippen LogP contribution is 2.38. The fraction of sp³-hybridized carbons (Fsp3) is 0.333. The van der Waals surface area contributed by atoms with Crippen molar-refractivity contribution >= 4 is 22.8 Å². The molecule has 0 aliphatic heterocycles. The van der Waals surface area contributed by atoms with Gasteiger partial charge in [0, 0.05) is 24.3 Å². The molecule has 10 heteroatoms. The first-order valence-corrected chi connectivity index (χ1v) is 11.4. The molecule has 0 unspecified atom stereocenters. The Morgan fingerprint density at radius 3 is 2.50 bits per heavy atom. The van der Waals surface area contributed by atoms with Gasteiger partial charge in [-0.25, -0.2) is 4.79 Å². The summed E-state index contributed by atoms with van der Waals surface area (Å²) in [7, 11) is 1.57. The molecule has 1 saturated carbocycles. The van der Waals surface area contributed by atoms with Crippen LogP contribution >= 0.6 is 11.6 Å². The topological polar surface area (TPSA) is 104 Å². The van der Waals surface area contributed by atoms with Gasteiger partial charge in [-0.1, -0.05) is 23.7 Å². The van der Waals surface area contributed by atoms with Gasteiger partial charge in [0.15, 0.2) is 11.2 Å². The van der Waals surface area contributed by atoms with Crippen LogP contribution in [-0.4, -0.2) is 34.4 Å². The Bertz CT molecular complexity index is 1480. The number of hydrogen-bond acceptors (Lipinski definition) is 6. The first kappa shape index (κ1) is 22.4. The zero-order chi connectivity index (χ0) is 24.0. The summed E-state index contributed by atoms with van der Waals surface area (Å²) < 4.78 is 10.2. The third kappa shape index (κ3) is 4.24. The van der Waals surface area contributed by atoms with Gasteiger partial charge >= 0.3 is 11.7 Å². The van der Waals surface area contributed by atoms with Crippen molar-refractivity contribution in [2.75, 3.05) is 0 Å². The molecule has 176 valence electrons. The van der Waals surface area contributed by atoms with Gasteiger partial charge < -0.3 is 9.84 Å². The normalized spacial score (nSPS) is 14.5. The molecule has 0 atom stereocenters. The van der Waals surface area contributed by atoms with Gasteiger partial charge in [-0.05, 0) is 56.0 Å². The average molecular weight is 482 g/mol. The molecule has 0 bridgehead atoms. The predicted octanol–water partition coefficient (Wildman–Crippen LogP) is 3.01. The van der Waals surface area contributed by atoms with Crippen molar-refractivity contribution in [2.45, 2.75) is 44.9 Å². The van der Waals surface area contributed by atoms with Gasteiger partial charge in [0.2, 0.25) is 0 Å². The summed E-state index contributed by atoms with van der Waals surface area (Å²) in [6, 6.07) is 11.0. The monoisotopic (exact) mass is 481 g/mol. The molecule has 1 N–H and O–H groups in total. The van der Waals surface area contributed by atoms with Crippen molar-refractivity contribution in [1.29, 1.82) is 0 Å². The minimum Gasteiger partial charge on any atom is -0.424 e. The van der Waals surface area contributed by atoms with Crippen LogP contribution < -0.4 is 16.0 Å². The van der Waals surface area contributed by atoms with Crippen molar-refractivity contribution in [2.24, 2.45) is 7.05 Å². The van der Waals surface area contributed by atoms with Crippen LogP contribution in [0.3, 0.4) is 0 Å². The largest absolute Gasteiger partial charge is 0.424 e. The van der Waals surface area contributed by atoms with E-state index in [1.54, 1.807) is 36.0 Å². The van der Waals surface area contributed by atoms with Gasteiger partial charge in [-0.2, -0.15) is 4.98 Å². The zero-order valence-electron chi connectivity index (χ0n) is 18.9. The second-order valence-corrected chi connectivity index (χ2v) is 9.23. The Morgan fingerprint density at radius 2 is 1.85 bits per heavy atom. The highest BCUT2D eigenvalue weighted by atomic mass is 35.5. The standard InChI is InChI=1S/C24H24ClN5O4/c1-15-3-8-18(13-26-15)34-22-27-20-19(30(22)14-16-4-6-17(25)7-5-16)21(31)29(23(32)28(20)2)12-11-24(33)9-10-24/h3-8,13,33H,9-12,14H2,1-2H3. The first-order chi connectivity index (χ1) is 16.2. The lowest BCUT2D eigenvalue weighted by atomic mass is 10.2. The number of halogens is 1. The van der Waals surface area contributed by atoms with E-state index in [1.807, 2.05) is 25.1 Å². The Hall–Kier alpha value is -3.43. The molecule has 4 aromatic rings. The van der Waals surface area contributed by atoms with E-state index in [1.165, 1.54) is 4.57 Å². The van der Waals surface area contributed by atoms with Crippen LogP contribution in [0.2, 0.25) is 5.02 Å². The third-order valence-corrected chi connectivity index (χ3v) is 6.42. The number of benzene rings is 1. The molecule has 0 saturated heterocycles. The predicted molar refractivity (Wildman–Crippen MR) is 128 cm³/mol. The highest BCUT2D eigenvalue weighted by Gasteiger charge is 2.40. The van der Waals surface area contributed by atoms with E-state index in [9.17, 15) is 14.7 Å². The van der Waals surface area contributed by atoms with Crippen molar-refractivity contribution < 1.29 is 9.84 Å². The van der Waals surface area contributed by atoms with Crippen molar-refractivity contribution in [3.63, 3.8) is 0 Å². The lowest BCUT2D eigenvalue weighted by Gasteiger charge is -2.12. The molecule has 1 aliphatic rings. The number of ether oxygens (including phenoxy) is 1. The second kappa shape index (κ2) is 8.41. The van der Waals surface area contributed by atoms with Gasteiger partial charge in [-0.3, -0.25) is 23.5 Å². The molecule has 0 spiro atoms. The molecule has 0 amide bonds. The minimum atomic E-state index is -0.782. The van der Waals surface area contributed by atoms with E-state index in [0.29, 0.717) is 30.0 Å². The summed E-state index contributed by atoms with van der Waals surface area (Å²) in [5.74, 6) is 0.458. The fourth-order valence-corrected chi connectivity index (χ4v) is 4.01. The number of aromatic nitrogens is 5. The quantitative estimate of drug-likeness (QED) is 0.435. The molecule has 1 fully saturated rings. The maximum absolute atomic E-state index is 13.5. The number of rotatable bonds is 7. The lowest BCUT2D eigenvalue weighted by molar-refractivity contribution is 0.133. The maximum atomic E-state index is 13.5. The summed E-state index contributed by atoms with van der Waals surface area (Å²) in [6.07, 6.45) is 3.29. The van der Waals surface area contributed by atoms with Crippen LogP contribution in [0.5, 0.6) is 11.8 Å². The molecule has 5 rings (SSSR count). The van der Waals surface area contributed by atoms with Crippen LogP contribution in [0.25, 0.3) is 11.2 Å². The number of pyridine rings is 1. The molecule has 3 heterocycles. The molecule has 3 aromatic heterocycles. The Labute approximate surface area is 199 Å². The summed E-state index contributed by atoms with van der Waals surface area (Å²) in [5.41, 5.74) is 0.445. The molecule has 1 aromatic carbocycles. The van der Waals surface area contributed by atoms with E-state index in [-0.39, 0.29) is 30.3 Å². The highest BCUT2D eigenvalue weighted by molar-refractivity contribution is 6.30. The zero-order valence-corrected chi connectivity index (χ0v) is 19.6. The Balaban J connectivity index is 1.66. The van der Waals surface area contributed by atoms with Crippen LogP contribution in [0.4, 0.5) is 0 Å². The molecule has 0 radical (unpaired) electrons. The van der Waals surface area contributed by atoms with Gasteiger partial charge in [0.05, 0.1) is 18.3 Å². The minimum absolute atomic E-state index is 0.127. The smallest absolute Gasteiger partial charge is 0.332 e. The van der Waals surface area contributed by atoms with Gasteiger partial charge in [-0.15, -0.1) is 0 Å². The van der Waals surface area contributed by atoms with E-state index < -0.39 is 16.9 Å². The van der Waals surface area contributed by atoms with Crippen molar-refractivity contribution in [3.05, 3.63) is 79.7 Å². The molecule has 1 aliphatic carbocycles. The number of aryl methyl sites for hydroxylation is 2. The summed E-state index contributed by atoms with van der Waals surface area (Å²) in [4.78, 5) is 35.3. The fourth-order valence-electron chi connectivity index (χ4n) is 3.88. The summed E-state index contributed by atoms with van der Waals surface area (Å²) in [5, 5.41) is 10.8. The Kier molecular flexibility index (Phi) is 5.53. The van der Waals surface area contributed by atoms with Crippen molar-refractivity contribution in [3.8, 4) is 11.8 Å². The molecule has 34 heavy (non-hydrogen) atoms. The number of hydrogen-bond donors (Lipinski definition) is 1. The number of imidazole rings is 1. The third-order valence-electron chi connectivity index (χ3n) is 6.17. The maximum Gasteiger partial charge on any atom is 0.332 e. The van der Waals surface area contributed by atoms with E-state index >= 15 is 0 Å². The number of aliphatic hydroxyl groups is 1. The lowest BCUT2D eigenvalue weighted by Crippen LogP contribution is -2.40. The van der Waals surface area contributed by atoms with E-state index in [4.69, 9.17) is 16.3 Å². The van der Waals surface area contributed by atoms with Crippen LogP contribution in [0.15, 0.2) is 52.2 Å². The van der Waals surface area contributed by atoms with Gasteiger partial charge in [0.25, 0.3) is 5.56 Å². The van der Waals surface area contributed by atoms with E-state index in [2.05, 4.69) is 9.97 Å². The molecule has 9 nitrogen and oxygen atoms in total. The van der Waals surface area contributed by atoms with Crippen LogP contribution in [0, 0.1) is 6.92 Å². The average Bonchev–Trinajstić information content (AvgIpc) is 3.45. The van der Waals surface area contributed by atoms with Crippen LogP contribution in [-0.2, 0) is 20.1 Å². The molecular weight excluding hydrogens is 458 g/mol. The molecular formula is C24H24ClN5O4.